The van der Waals surface area contributed by atoms with E-state index in [2.05, 4.69) is 34.2 Å². The van der Waals surface area contributed by atoms with Crippen LogP contribution in [0, 0.1) is 0 Å². The van der Waals surface area contributed by atoms with E-state index in [1.54, 1.807) is 7.11 Å². The van der Waals surface area contributed by atoms with Gasteiger partial charge < -0.3 is 19.9 Å². The lowest BCUT2D eigenvalue weighted by molar-refractivity contribution is 0.380. The molecule has 2 rings (SSSR count). The fourth-order valence-corrected chi connectivity index (χ4v) is 2.59. The van der Waals surface area contributed by atoms with Crippen molar-refractivity contribution in [3.05, 3.63) is 24.3 Å². The van der Waals surface area contributed by atoms with Crippen LogP contribution in [0.25, 0.3) is 0 Å². The molecule has 0 spiro atoms. The Morgan fingerprint density at radius 2 is 1.85 bits per heavy atom. The van der Waals surface area contributed by atoms with Gasteiger partial charge >= 0.3 is 0 Å². The monoisotopic (exact) mass is 293 g/mol. The summed E-state index contributed by atoms with van der Waals surface area (Å²) in [6, 6.07) is 8.24. The first-order valence-corrected chi connectivity index (χ1v) is 7.57. The molecule has 1 fully saturated rings. The minimum Gasteiger partial charge on any atom is -0.497 e. The maximum absolute atomic E-state index is 5.41. The first-order chi connectivity index (χ1) is 9.74. The maximum Gasteiger partial charge on any atom is 0.169 e. The molecular weight excluding hydrogens is 270 g/mol. The van der Waals surface area contributed by atoms with Crippen molar-refractivity contribution < 1.29 is 4.74 Å². The molecule has 0 atom stereocenters. The van der Waals surface area contributed by atoms with Gasteiger partial charge in [0.05, 0.1) is 7.11 Å². The Labute approximate surface area is 126 Å². The highest BCUT2D eigenvalue weighted by Crippen LogP contribution is 2.20. The quantitative estimate of drug-likeness (QED) is 0.858. The van der Waals surface area contributed by atoms with Crippen molar-refractivity contribution in [2.75, 3.05) is 44.7 Å². The predicted octanol–water partition coefficient (Wildman–Crippen LogP) is 2.10. The highest BCUT2D eigenvalue weighted by Gasteiger charge is 2.18. The van der Waals surface area contributed by atoms with E-state index < -0.39 is 0 Å². The van der Waals surface area contributed by atoms with Crippen LogP contribution in [0.2, 0.25) is 0 Å². The van der Waals surface area contributed by atoms with Gasteiger partial charge in [0.2, 0.25) is 0 Å². The predicted molar refractivity (Wildman–Crippen MR) is 87.7 cm³/mol. The summed E-state index contributed by atoms with van der Waals surface area (Å²) in [6.45, 7) is 7.05. The Morgan fingerprint density at radius 1 is 1.20 bits per heavy atom. The van der Waals surface area contributed by atoms with E-state index in [1.807, 2.05) is 12.1 Å². The fourth-order valence-electron chi connectivity index (χ4n) is 2.30. The number of nitrogens with zero attached hydrogens (tertiary/aromatic N) is 2. The van der Waals surface area contributed by atoms with Crippen LogP contribution in [0.1, 0.15) is 13.3 Å². The fraction of sp³-hybridized carbons (Fsp3) is 0.533. The van der Waals surface area contributed by atoms with Crippen molar-refractivity contribution in [3.63, 3.8) is 0 Å². The molecule has 0 aliphatic carbocycles. The Hall–Kier alpha value is -1.49. The van der Waals surface area contributed by atoms with E-state index >= 15 is 0 Å². The van der Waals surface area contributed by atoms with Gasteiger partial charge in [0, 0.05) is 38.4 Å². The first kappa shape index (κ1) is 14.9. The van der Waals surface area contributed by atoms with E-state index in [-0.39, 0.29) is 0 Å². The molecule has 1 aliphatic heterocycles. The topological polar surface area (TPSA) is 27.7 Å². The Bertz CT molecular complexity index is 427. The van der Waals surface area contributed by atoms with Crippen molar-refractivity contribution >= 4 is 23.0 Å². The second-order valence-electron chi connectivity index (χ2n) is 4.90. The number of benzene rings is 1. The number of ether oxygens (including phenoxy) is 1. The molecule has 4 nitrogen and oxygen atoms in total. The van der Waals surface area contributed by atoms with Gasteiger partial charge in [0.25, 0.3) is 0 Å². The lowest BCUT2D eigenvalue weighted by Crippen LogP contribution is -2.51. The third kappa shape index (κ3) is 3.76. The van der Waals surface area contributed by atoms with Crippen molar-refractivity contribution in [2.45, 2.75) is 13.3 Å². The average molecular weight is 293 g/mol. The van der Waals surface area contributed by atoms with E-state index in [9.17, 15) is 0 Å². The standard InChI is InChI=1S/C15H23N3OS/c1-3-8-16-15(20)18-11-9-17(10-12-18)13-4-6-14(19-2)7-5-13/h4-7H,3,8-12H2,1-2H3,(H,16,20). The van der Waals surface area contributed by atoms with Gasteiger partial charge in [0.15, 0.2) is 5.11 Å². The molecule has 1 aliphatic rings. The van der Waals surface area contributed by atoms with Crippen molar-refractivity contribution in [2.24, 2.45) is 0 Å². The van der Waals surface area contributed by atoms with Gasteiger partial charge in [0.1, 0.15) is 5.75 Å². The lowest BCUT2D eigenvalue weighted by atomic mass is 10.2. The summed E-state index contributed by atoms with van der Waals surface area (Å²) < 4.78 is 5.19. The molecule has 0 amide bonds. The van der Waals surface area contributed by atoms with Gasteiger partial charge in [-0.15, -0.1) is 0 Å². The Kier molecular flexibility index (Phi) is 5.47. The van der Waals surface area contributed by atoms with Crippen LogP contribution in [-0.2, 0) is 0 Å². The summed E-state index contributed by atoms with van der Waals surface area (Å²) in [5.74, 6) is 0.900. The first-order valence-electron chi connectivity index (χ1n) is 7.16. The van der Waals surface area contributed by atoms with Crippen LogP contribution in [0.15, 0.2) is 24.3 Å². The summed E-state index contributed by atoms with van der Waals surface area (Å²) in [4.78, 5) is 4.64. The number of methoxy groups -OCH3 is 1. The van der Waals surface area contributed by atoms with Crippen molar-refractivity contribution in [1.82, 2.24) is 10.2 Å². The maximum atomic E-state index is 5.41. The zero-order valence-corrected chi connectivity index (χ0v) is 13.1. The smallest absolute Gasteiger partial charge is 0.169 e. The molecule has 1 heterocycles. The minimum atomic E-state index is 0.890. The number of thiocarbonyl (C=S) groups is 1. The van der Waals surface area contributed by atoms with Crippen LogP contribution in [0.5, 0.6) is 5.75 Å². The van der Waals surface area contributed by atoms with Crippen LogP contribution < -0.4 is 15.0 Å². The molecule has 110 valence electrons. The third-order valence-corrected chi connectivity index (χ3v) is 3.93. The number of hydrogen-bond acceptors (Lipinski definition) is 3. The second-order valence-corrected chi connectivity index (χ2v) is 5.29. The van der Waals surface area contributed by atoms with Gasteiger partial charge in [-0.25, -0.2) is 0 Å². The van der Waals surface area contributed by atoms with Gasteiger partial charge in [-0.1, -0.05) is 6.92 Å². The normalized spacial score (nSPS) is 15.1. The number of nitrogens with one attached hydrogen (secondary N) is 1. The van der Waals surface area contributed by atoms with E-state index in [4.69, 9.17) is 17.0 Å². The molecule has 20 heavy (non-hydrogen) atoms. The van der Waals surface area contributed by atoms with Gasteiger partial charge in [-0.2, -0.15) is 0 Å². The number of rotatable bonds is 4. The molecule has 0 aromatic heterocycles. The molecule has 5 heteroatoms. The Morgan fingerprint density at radius 3 is 2.40 bits per heavy atom. The highest BCUT2D eigenvalue weighted by atomic mass is 32.1. The lowest BCUT2D eigenvalue weighted by Gasteiger charge is -2.37. The molecule has 1 aromatic carbocycles. The summed E-state index contributed by atoms with van der Waals surface area (Å²) in [5.41, 5.74) is 1.25. The molecule has 1 saturated heterocycles. The van der Waals surface area contributed by atoms with Crippen LogP contribution >= 0.6 is 12.2 Å². The summed E-state index contributed by atoms with van der Waals surface area (Å²) in [7, 11) is 1.69. The van der Waals surface area contributed by atoms with Gasteiger partial charge in [-0.05, 0) is 42.9 Å². The van der Waals surface area contributed by atoms with E-state index in [1.165, 1.54) is 5.69 Å². The largest absolute Gasteiger partial charge is 0.497 e. The van der Waals surface area contributed by atoms with Crippen molar-refractivity contribution in [1.29, 1.82) is 0 Å². The molecule has 0 radical (unpaired) electrons. The third-order valence-electron chi connectivity index (χ3n) is 3.53. The second kappa shape index (κ2) is 7.33. The molecular formula is C15H23N3OS. The van der Waals surface area contributed by atoms with Gasteiger partial charge in [-0.3, -0.25) is 0 Å². The number of piperazine rings is 1. The summed E-state index contributed by atoms with van der Waals surface area (Å²) >= 11 is 5.41. The molecule has 0 bridgehead atoms. The van der Waals surface area contributed by atoms with E-state index in [0.29, 0.717) is 0 Å². The molecule has 0 unspecified atom stereocenters. The average Bonchev–Trinajstić information content (AvgIpc) is 2.53. The minimum absolute atomic E-state index is 0.890. The zero-order valence-electron chi connectivity index (χ0n) is 12.3. The molecule has 1 aromatic rings. The van der Waals surface area contributed by atoms with Crippen LogP contribution in [-0.4, -0.2) is 49.8 Å². The van der Waals surface area contributed by atoms with Crippen LogP contribution in [0.4, 0.5) is 5.69 Å². The highest BCUT2D eigenvalue weighted by molar-refractivity contribution is 7.80. The zero-order chi connectivity index (χ0) is 14.4. The van der Waals surface area contributed by atoms with Crippen LogP contribution in [0.3, 0.4) is 0 Å². The number of anilines is 1. The summed E-state index contributed by atoms with van der Waals surface area (Å²) in [6.07, 6.45) is 1.10. The van der Waals surface area contributed by atoms with E-state index in [0.717, 1.165) is 50.0 Å². The Balaban J connectivity index is 1.85. The summed E-state index contributed by atoms with van der Waals surface area (Å²) in [5, 5.41) is 4.18. The molecule has 1 N–H and O–H groups in total. The van der Waals surface area contributed by atoms with Crippen molar-refractivity contribution in [3.8, 4) is 5.75 Å². The number of hydrogen-bond donors (Lipinski definition) is 1. The SMILES string of the molecule is CCCNC(=S)N1CCN(c2ccc(OC)cc2)CC1. The molecule has 0 saturated carbocycles.